The van der Waals surface area contributed by atoms with Gasteiger partial charge in [0.2, 0.25) is 11.2 Å². The predicted molar refractivity (Wildman–Crippen MR) is 124 cm³/mol. The van der Waals surface area contributed by atoms with Crippen LogP contribution in [0, 0.1) is 0 Å². The summed E-state index contributed by atoms with van der Waals surface area (Å²) in [5.74, 6) is -2.50. The molecule has 0 radical (unpaired) electrons. The number of hydrogen-bond acceptors (Lipinski definition) is 6. The lowest BCUT2D eigenvalue weighted by Gasteiger charge is -2.14. The Hall–Kier alpha value is -4.47. The van der Waals surface area contributed by atoms with Gasteiger partial charge in [0.15, 0.2) is 6.61 Å². The van der Waals surface area contributed by atoms with Crippen LogP contribution in [-0.2, 0) is 17.5 Å². The van der Waals surface area contributed by atoms with E-state index < -0.39 is 29.0 Å². The van der Waals surface area contributed by atoms with E-state index in [4.69, 9.17) is 18.6 Å². The Morgan fingerprint density at radius 2 is 1.61 bits per heavy atom. The number of carbonyl (C=O) groups excluding carboxylic acids is 1. The van der Waals surface area contributed by atoms with Gasteiger partial charge in [-0.25, -0.2) is 0 Å². The van der Waals surface area contributed by atoms with E-state index in [-0.39, 0.29) is 29.1 Å². The molecule has 0 saturated carbocycles. The van der Waals surface area contributed by atoms with Gasteiger partial charge in [0.25, 0.3) is 11.7 Å². The summed E-state index contributed by atoms with van der Waals surface area (Å²) in [6.45, 7) is -0.0884. The number of nitrogens with one attached hydrogen (secondary N) is 1. The van der Waals surface area contributed by atoms with Gasteiger partial charge >= 0.3 is 6.18 Å². The van der Waals surface area contributed by atoms with Gasteiger partial charge in [-0.15, -0.1) is 0 Å². The van der Waals surface area contributed by atoms with Crippen molar-refractivity contribution < 1.29 is 36.6 Å². The summed E-state index contributed by atoms with van der Waals surface area (Å²) in [4.78, 5) is 25.0. The Labute approximate surface area is 203 Å². The molecule has 0 spiro atoms. The molecular weight excluding hydrogens is 479 g/mol. The maximum atomic E-state index is 13.7. The Morgan fingerprint density at radius 1 is 0.944 bits per heavy atom. The van der Waals surface area contributed by atoms with Crippen molar-refractivity contribution in [1.82, 2.24) is 5.32 Å². The highest BCUT2D eigenvalue weighted by Crippen LogP contribution is 2.38. The van der Waals surface area contributed by atoms with E-state index in [1.807, 2.05) is 30.3 Å². The number of methoxy groups -OCH3 is 1. The number of amides is 1. The lowest BCUT2D eigenvalue weighted by Crippen LogP contribution is -2.28. The number of benzene rings is 3. The zero-order valence-electron chi connectivity index (χ0n) is 18.9. The third kappa shape index (κ3) is 5.77. The van der Waals surface area contributed by atoms with Crippen LogP contribution in [-0.4, -0.2) is 19.6 Å². The highest BCUT2D eigenvalue weighted by atomic mass is 19.4. The first-order valence-electron chi connectivity index (χ1n) is 10.7. The quantitative estimate of drug-likeness (QED) is 0.354. The number of carbonyl (C=O) groups is 1. The maximum Gasteiger partial charge on any atom is 0.453 e. The monoisotopic (exact) mass is 499 g/mol. The summed E-state index contributed by atoms with van der Waals surface area (Å²) in [5, 5.41) is 2.53. The molecule has 7 nitrogen and oxygen atoms in total. The van der Waals surface area contributed by atoms with Crippen LogP contribution in [0.15, 0.2) is 82.0 Å². The van der Waals surface area contributed by atoms with Gasteiger partial charge in [-0.2, -0.15) is 13.2 Å². The average molecular weight is 499 g/mol. The van der Waals surface area contributed by atoms with Gasteiger partial charge < -0.3 is 23.9 Å². The molecule has 36 heavy (non-hydrogen) atoms. The molecule has 0 aliphatic heterocycles. The minimum Gasteiger partial charge on any atom is -0.497 e. The molecular formula is C26H20F3NO6. The molecule has 0 fully saturated rings. The first-order valence-corrected chi connectivity index (χ1v) is 10.7. The lowest BCUT2D eigenvalue weighted by molar-refractivity contribution is -0.154. The molecule has 0 unspecified atom stereocenters. The molecule has 0 atom stereocenters. The molecule has 1 N–H and O–H groups in total. The summed E-state index contributed by atoms with van der Waals surface area (Å²) < 4.78 is 61.9. The standard InChI is InChI=1S/C26H20F3NO6/c1-33-17-7-9-18(10-8-17)35-24-23(32)20-12-11-19(13-21(20)36-25(24)26(27,28)29)34-15-22(31)30-14-16-5-3-2-4-6-16/h2-13H,14-15H2,1H3,(H,30,31). The predicted octanol–water partition coefficient (Wildman–Crippen LogP) is 5.31. The van der Waals surface area contributed by atoms with Crippen LogP contribution >= 0.6 is 0 Å². The molecule has 3 aromatic carbocycles. The minimum atomic E-state index is -5.01. The third-order valence-electron chi connectivity index (χ3n) is 5.06. The van der Waals surface area contributed by atoms with E-state index >= 15 is 0 Å². The molecule has 10 heteroatoms. The highest BCUT2D eigenvalue weighted by molar-refractivity contribution is 5.80. The molecule has 0 bridgehead atoms. The maximum absolute atomic E-state index is 13.7. The van der Waals surface area contributed by atoms with Gasteiger partial charge in [-0.3, -0.25) is 9.59 Å². The van der Waals surface area contributed by atoms with Crippen molar-refractivity contribution in [3.05, 3.63) is 94.3 Å². The molecule has 0 aliphatic rings. The van der Waals surface area contributed by atoms with Crippen molar-refractivity contribution in [2.24, 2.45) is 0 Å². The molecule has 186 valence electrons. The van der Waals surface area contributed by atoms with E-state index in [1.54, 1.807) is 0 Å². The molecule has 1 heterocycles. The van der Waals surface area contributed by atoms with E-state index in [1.165, 1.54) is 43.5 Å². The van der Waals surface area contributed by atoms with Crippen molar-refractivity contribution in [2.75, 3.05) is 13.7 Å². The topological polar surface area (TPSA) is 87.0 Å². The smallest absolute Gasteiger partial charge is 0.453 e. The molecule has 0 aliphatic carbocycles. The van der Waals surface area contributed by atoms with E-state index in [0.29, 0.717) is 12.3 Å². The van der Waals surface area contributed by atoms with Gasteiger partial charge in [-0.1, -0.05) is 30.3 Å². The average Bonchev–Trinajstić information content (AvgIpc) is 2.88. The summed E-state index contributed by atoms with van der Waals surface area (Å²) in [6, 6.07) is 18.6. The molecule has 4 aromatic rings. The van der Waals surface area contributed by atoms with Crippen LogP contribution in [0.25, 0.3) is 11.0 Å². The number of rotatable bonds is 8. The Bertz CT molecular complexity index is 1420. The van der Waals surface area contributed by atoms with Gasteiger partial charge in [0, 0.05) is 12.6 Å². The summed E-state index contributed by atoms with van der Waals surface area (Å²) >= 11 is 0. The van der Waals surface area contributed by atoms with Crippen LogP contribution in [0.3, 0.4) is 0 Å². The number of alkyl halides is 3. The molecule has 4 rings (SSSR count). The van der Waals surface area contributed by atoms with Crippen LogP contribution in [0.2, 0.25) is 0 Å². The van der Waals surface area contributed by atoms with Crippen molar-refractivity contribution in [2.45, 2.75) is 12.7 Å². The highest BCUT2D eigenvalue weighted by Gasteiger charge is 2.40. The minimum absolute atomic E-state index is 0.00517. The normalized spacial score (nSPS) is 11.2. The van der Waals surface area contributed by atoms with Crippen molar-refractivity contribution in [3.8, 4) is 23.0 Å². The lowest BCUT2D eigenvalue weighted by atomic mass is 10.2. The van der Waals surface area contributed by atoms with Crippen LogP contribution in [0.5, 0.6) is 23.0 Å². The van der Waals surface area contributed by atoms with Crippen LogP contribution in [0.4, 0.5) is 13.2 Å². The van der Waals surface area contributed by atoms with Crippen molar-refractivity contribution >= 4 is 16.9 Å². The zero-order valence-corrected chi connectivity index (χ0v) is 18.9. The Morgan fingerprint density at radius 3 is 2.28 bits per heavy atom. The first kappa shape index (κ1) is 24.6. The zero-order chi connectivity index (χ0) is 25.7. The van der Waals surface area contributed by atoms with Gasteiger partial charge in [0.1, 0.15) is 22.8 Å². The summed E-state index contributed by atoms with van der Waals surface area (Å²) in [7, 11) is 1.44. The van der Waals surface area contributed by atoms with Crippen LogP contribution < -0.4 is 25.0 Å². The van der Waals surface area contributed by atoms with Gasteiger partial charge in [0.05, 0.1) is 12.5 Å². The van der Waals surface area contributed by atoms with E-state index in [9.17, 15) is 22.8 Å². The second-order valence-electron chi connectivity index (χ2n) is 7.57. The second-order valence-corrected chi connectivity index (χ2v) is 7.57. The SMILES string of the molecule is COc1ccc(Oc2c(C(F)(F)F)oc3cc(OCC(=O)NCc4ccccc4)ccc3c2=O)cc1. The summed E-state index contributed by atoms with van der Waals surface area (Å²) in [5.41, 5.74) is -0.478. The van der Waals surface area contributed by atoms with E-state index in [0.717, 1.165) is 11.6 Å². The third-order valence-corrected chi connectivity index (χ3v) is 5.06. The number of hydrogen-bond donors (Lipinski definition) is 1. The van der Waals surface area contributed by atoms with Crippen molar-refractivity contribution in [3.63, 3.8) is 0 Å². The number of ether oxygens (including phenoxy) is 3. The first-order chi connectivity index (χ1) is 17.2. The number of halogens is 3. The fourth-order valence-electron chi connectivity index (χ4n) is 3.28. The van der Waals surface area contributed by atoms with Crippen molar-refractivity contribution in [1.29, 1.82) is 0 Å². The summed E-state index contributed by atoms with van der Waals surface area (Å²) in [6.07, 6.45) is -5.01. The second kappa shape index (κ2) is 10.4. The molecule has 1 aromatic heterocycles. The fraction of sp³-hybridized carbons (Fsp3) is 0.154. The Kier molecular flexibility index (Phi) is 7.14. The fourth-order valence-corrected chi connectivity index (χ4v) is 3.28. The van der Waals surface area contributed by atoms with Crippen LogP contribution in [0.1, 0.15) is 11.3 Å². The number of fused-ring (bicyclic) bond motifs is 1. The molecule has 0 saturated heterocycles. The Balaban J connectivity index is 1.55. The van der Waals surface area contributed by atoms with Gasteiger partial charge in [-0.05, 0) is 42.0 Å². The largest absolute Gasteiger partial charge is 0.497 e. The van der Waals surface area contributed by atoms with E-state index in [2.05, 4.69) is 5.32 Å². The molecule has 1 amide bonds.